The number of nitrogens with two attached hydrogens (primary N) is 3. The van der Waals surface area contributed by atoms with E-state index in [1.807, 2.05) is 16.7 Å². The normalized spacial score (nSPS) is 17.8. The van der Waals surface area contributed by atoms with Crippen molar-refractivity contribution in [3.63, 3.8) is 0 Å². The summed E-state index contributed by atoms with van der Waals surface area (Å²) in [7, 11) is 0. The summed E-state index contributed by atoms with van der Waals surface area (Å²) in [5, 5.41) is 25.5. The second kappa shape index (κ2) is 25.0. The van der Waals surface area contributed by atoms with Crippen LogP contribution in [0.25, 0.3) is 0 Å². The molecule has 3 aromatic carbocycles. The number of carbonyl (C=O) groups excluding carboxylic acids is 5. The number of hydrogen-bond donors (Lipinski definition) is 6. The molecule has 0 spiro atoms. The van der Waals surface area contributed by atoms with Crippen molar-refractivity contribution in [3.05, 3.63) is 101 Å². The molecule has 5 amide bonds. The number of benzene rings is 3. The van der Waals surface area contributed by atoms with Gasteiger partial charge in [-0.3, -0.25) is 24.0 Å². The van der Waals surface area contributed by atoms with Gasteiger partial charge in [0, 0.05) is 92.5 Å². The molecule has 4 aliphatic heterocycles. The molecule has 4 fully saturated rings. The van der Waals surface area contributed by atoms with E-state index in [1.165, 1.54) is 0 Å². The van der Waals surface area contributed by atoms with Crippen LogP contribution < -0.4 is 47.7 Å². The molecule has 0 saturated carbocycles. The van der Waals surface area contributed by atoms with Gasteiger partial charge >= 0.3 is 0 Å². The number of primary amides is 2. The zero-order valence-corrected chi connectivity index (χ0v) is 41.3. The number of hydrogen-bond acceptors (Lipinski definition) is 19. The molecule has 390 valence electrons. The molecule has 24 heteroatoms. The first-order valence-electron chi connectivity index (χ1n) is 24.8. The second-order valence-corrected chi connectivity index (χ2v) is 18.0. The number of anilines is 6. The van der Waals surface area contributed by atoms with Gasteiger partial charge in [-0.1, -0.05) is 6.92 Å². The lowest BCUT2D eigenvalue weighted by atomic mass is 10.1. The van der Waals surface area contributed by atoms with Crippen LogP contribution >= 0.6 is 0 Å². The van der Waals surface area contributed by atoms with Crippen molar-refractivity contribution in [2.45, 2.75) is 51.1 Å². The first-order valence-corrected chi connectivity index (χ1v) is 24.8. The molecule has 5 aromatic rings. The van der Waals surface area contributed by atoms with Gasteiger partial charge in [0.1, 0.15) is 5.75 Å². The Morgan fingerprint density at radius 1 is 0.608 bits per heavy atom. The maximum atomic E-state index is 12.9. The van der Waals surface area contributed by atoms with E-state index < -0.39 is 11.8 Å². The number of aromatic nitrogens is 6. The molecule has 24 nitrogen and oxygen atoms in total. The van der Waals surface area contributed by atoms with Gasteiger partial charge in [-0.05, 0) is 105 Å². The molecule has 9 N–H and O–H groups in total. The zero-order valence-electron chi connectivity index (χ0n) is 41.3. The van der Waals surface area contributed by atoms with Gasteiger partial charge < -0.3 is 67.0 Å². The van der Waals surface area contributed by atoms with Gasteiger partial charge in [0.05, 0.1) is 33.0 Å². The summed E-state index contributed by atoms with van der Waals surface area (Å²) >= 11 is 0. The first kappa shape index (κ1) is 52.2. The number of nitrogens with zero attached hydrogens (tertiary/aromatic N) is 10. The minimum absolute atomic E-state index is 0.0416. The van der Waals surface area contributed by atoms with E-state index in [2.05, 4.69) is 46.3 Å². The molecule has 0 aliphatic carbocycles. The summed E-state index contributed by atoms with van der Waals surface area (Å²) in [6.45, 7) is 9.59. The average molecular weight is 1020 g/mol. The van der Waals surface area contributed by atoms with Crippen molar-refractivity contribution in [3.8, 4) is 5.75 Å². The summed E-state index contributed by atoms with van der Waals surface area (Å²) in [4.78, 5) is 78.6. The standard InChI is InChI=1S/C30H36N8O5.C20H26N8O3/c1-2-16-43-24-11-7-20(8-12-24)28(40)33-23-4-3-13-38(19-23)30-34-27(25(26(31)39)35-36-30)32-22-9-5-21(6-10-22)29(41)37-14-17-42-18-15-37;21-14-2-1-7-28(12-14)20-24-18(16(17(22)29)25-26-20)23-15-5-3-13(4-6-15)19(30)27-8-10-31-11-9-27/h5-12,23H,2-4,13-19H2,1H3,(H2,31,39)(H,33,40)(H,32,34,36);3-6,14H,1-2,7-12,21H2,(H2,22,29)(H,23,24,26)/t23-;14-/m11/s1. The largest absolute Gasteiger partial charge is 0.494 e. The molecule has 2 atom stereocenters. The molecule has 9 rings (SSSR count). The molecule has 4 saturated heterocycles. The lowest BCUT2D eigenvalue weighted by Crippen LogP contribution is -2.48. The predicted molar refractivity (Wildman–Crippen MR) is 274 cm³/mol. The fourth-order valence-electron chi connectivity index (χ4n) is 8.63. The predicted octanol–water partition coefficient (Wildman–Crippen LogP) is 2.49. The van der Waals surface area contributed by atoms with Crippen LogP contribution in [0, 0.1) is 0 Å². The molecule has 0 radical (unpaired) electrons. The third kappa shape index (κ3) is 13.7. The molecule has 74 heavy (non-hydrogen) atoms. The zero-order chi connectivity index (χ0) is 52.0. The fourth-order valence-corrected chi connectivity index (χ4v) is 8.63. The summed E-state index contributed by atoms with van der Waals surface area (Å²) in [6, 6.07) is 20.8. The van der Waals surface area contributed by atoms with Crippen LogP contribution in [0.1, 0.15) is 91.1 Å². The average Bonchev–Trinajstić information content (AvgIpc) is 3.43. The minimum atomic E-state index is -0.775. The number of morpholine rings is 2. The van der Waals surface area contributed by atoms with E-state index in [4.69, 9.17) is 31.4 Å². The van der Waals surface area contributed by atoms with Crippen LogP contribution in [0.2, 0.25) is 0 Å². The summed E-state index contributed by atoms with van der Waals surface area (Å²) in [6.07, 6.45) is 4.39. The third-order valence-corrected chi connectivity index (χ3v) is 12.6. The van der Waals surface area contributed by atoms with Gasteiger partial charge in [0.15, 0.2) is 23.0 Å². The van der Waals surface area contributed by atoms with Crippen molar-refractivity contribution in [1.29, 1.82) is 0 Å². The van der Waals surface area contributed by atoms with Gasteiger partial charge in [-0.15, -0.1) is 20.4 Å². The molecule has 2 aromatic heterocycles. The van der Waals surface area contributed by atoms with Gasteiger partial charge in [0.2, 0.25) is 11.9 Å². The van der Waals surface area contributed by atoms with Crippen LogP contribution in [0.15, 0.2) is 72.8 Å². The highest BCUT2D eigenvalue weighted by Crippen LogP contribution is 2.25. The van der Waals surface area contributed by atoms with Crippen molar-refractivity contribution in [1.82, 2.24) is 45.5 Å². The SMILES string of the molecule is CCCOc1ccc(C(=O)N[C@@H]2CCCN(c3nnc(C(N)=O)c(Nc4ccc(C(=O)N5CCOCC5)cc4)n3)C2)cc1.NC(=O)c1nnc(N2CCC[C@@H](N)C2)nc1Nc1ccc(C(=O)N2CCOCC2)cc1. The van der Waals surface area contributed by atoms with Gasteiger partial charge in [-0.2, -0.15) is 9.97 Å². The molecule has 0 unspecified atom stereocenters. The minimum Gasteiger partial charge on any atom is -0.494 e. The smallest absolute Gasteiger partial charge is 0.273 e. The van der Waals surface area contributed by atoms with E-state index in [-0.39, 0.29) is 52.8 Å². The topological polar surface area (TPSA) is 317 Å². The molecular weight excluding hydrogens is 953 g/mol. The molecular formula is C50H62N16O8. The molecule has 4 aliphatic rings. The number of piperidine rings is 2. The van der Waals surface area contributed by atoms with Crippen molar-refractivity contribution in [2.24, 2.45) is 17.2 Å². The number of rotatable bonds is 15. The fraction of sp³-hybridized carbons (Fsp3) is 0.420. The van der Waals surface area contributed by atoms with Crippen LogP contribution in [0.5, 0.6) is 5.75 Å². The monoisotopic (exact) mass is 1010 g/mol. The number of carbonyl (C=O) groups is 5. The maximum Gasteiger partial charge on any atom is 0.273 e. The lowest BCUT2D eigenvalue weighted by molar-refractivity contribution is 0.0301. The van der Waals surface area contributed by atoms with Gasteiger partial charge in [-0.25, -0.2) is 0 Å². The van der Waals surface area contributed by atoms with Crippen LogP contribution in [0.3, 0.4) is 0 Å². The van der Waals surface area contributed by atoms with E-state index in [0.29, 0.717) is 119 Å². The Labute approximate surface area is 427 Å². The van der Waals surface area contributed by atoms with Crippen molar-refractivity contribution >= 4 is 64.4 Å². The second-order valence-electron chi connectivity index (χ2n) is 18.0. The lowest BCUT2D eigenvalue weighted by Gasteiger charge is -2.33. The Bertz CT molecular complexity index is 2740. The van der Waals surface area contributed by atoms with Crippen LogP contribution in [-0.4, -0.2) is 167 Å². The highest BCUT2D eigenvalue weighted by Gasteiger charge is 2.27. The Morgan fingerprint density at radius 2 is 1.07 bits per heavy atom. The Hall–Kier alpha value is -8.09. The Balaban J connectivity index is 0.000000208. The highest BCUT2D eigenvalue weighted by atomic mass is 16.5. The van der Waals surface area contributed by atoms with Crippen molar-refractivity contribution in [2.75, 3.05) is 106 Å². The highest BCUT2D eigenvalue weighted by molar-refractivity contribution is 5.98. The number of ether oxygens (including phenoxy) is 3. The first-order chi connectivity index (χ1) is 35.9. The summed E-state index contributed by atoms with van der Waals surface area (Å²) in [5.41, 5.74) is 19.8. The molecule has 0 bridgehead atoms. The van der Waals surface area contributed by atoms with E-state index in [9.17, 15) is 24.0 Å². The Morgan fingerprint density at radius 3 is 1.53 bits per heavy atom. The van der Waals surface area contributed by atoms with Crippen LogP contribution in [0.4, 0.5) is 34.9 Å². The van der Waals surface area contributed by atoms with E-state index >= 15 is 0 Å². The number of nitrogens with one attached hydrogen (secondary N) is 3. The van der Waals surface area contributed by atoms with Gasteiger partial charge in [0.25, 0.3) is 29.5 Å². The summed E-state index contributed by atoms with van der Waals surface area (Å²) < 4.78 is 16.2. The molecule has 6 heterocycles. The van der Waals surface area contributed by atoms with E-state index in [1.54, 1.807) is 82.6 Å². The van der Waals surface area contributed by atoms with Crippen molar-refractivity contribution < 1.29 is 38.2 Å². The van der Waals surface area contributed by atoms with Crippen LogP contribution in [-0.2, 0) is 9.47 Å². The summed E-state index contributed by atoms with van der Waals surface area (Å²) in [5.74, 6) is 0.00749. The Kier molecular flexibility index (Phi) is 17.7. The van der Waals surface area contributed by atoms with E-state index in [0.717, 1.165) is 44.4 Å². The third-order valence-electron chi connectivity index (χ3n) is 12.6. The maximum absolute atomic E-state index is 12.9. The number of amides is 5. The quantitative estimate of drug-likeness (QED) is 0.0877.